The fourth-order valence-corrected chi connectivity index (χ4v) is 3.87. The Morgan fingerprint density at radius 1 is 1.47 bits per heavy atom. The summed E-state index contributed by atoms with van der Waals surface area (Å²) < 4.78 is 12.4. The maximum absolute atomic E-state index is 12.3. The van der Waals surface area contributed by atoms with Gasteiger partial charge in [-0.2, -0.15) is 0 Å². The molecule has 2 rings (SSSR count). The van der Waals surface area contributed by atoms with E-state index >= 15 is 0 Å². The Balaban J connectivity index is 2.84. The van der Waals surface area contributed by atoms with Gasteiger partial charge in [0.25, 0.3) is 0 Å². The second kappa shape index (κ2) is 5.06. The Morgan fingerprint density at radius 2 is 2.24 bits per heavy atom. The first kappa shape index (κ1) is 12.4. The summed E-state index contributed by atoms with van der Waals surface area (Å²) in [6, 6.07) is 3.54. The molecule has 5 heteroatoms. The Labute approximate surface area is 106 Å². The highest BCUT2D eigenvalue weighted by Crippen LogP contribution is 2.23. The van der Waals surface area contributed by atoms with Crippen LogP contribution < -0.4 is 5.43 Å². The maximum atomic E-state index is 12.3. The average molecular weight is 267 g/mol. The second-order valence-corrected chi connectivity index (χ2v) is 6.33. The van der Waals surface area contributed by atoms with Crippen LogP contribution in [0.15, 0.2) is 27.3 Å². The molecule has 0 radical (unpaired) electrons. The summed E-state index contributed by atoms with van der Waals surface area (Å²) >= 11 is 1.36. The van der Waals surface area contributed by atoms with Crippen LogP contribution in [0.2, 0.25) is 0 Å². The number of hydrogen-bond donors (Lipinski definition) is 0. The first-order valence-electron chi connectivity index (χ1n) is 5.39. The van der Waals surface area contributed by atoms with Gasteiger partial charge in [-0.25, -0.2) is 4.98 Å². The Morgan fingerprint density at radius 3 is 2.88 bits per heavy atom. The number of hydrogen-bond acceptors (Lipinski definition) is 4. The van der Waals surface area contributed by atoms with E-state index in [0.717, 1.165) is 6.42 Å². The molecule has 0 aliphatic rings. The molecular weight excluding hydrogens is 254 g/mol. The van der Waals surface area contributed by atoms with Gasteiger partial charge >= 0.3 is 0 Å². The quantitative estimate of drug-likeness (QED) is 0.857. The van der Waals surface area contributed by atoms with Crippen molar-refractivity contribution < 1.29 is 4.21 Å². The van der Waals surface area contributed by atoms with Crippen molar-refractivity contribution in [2.24, 2.45) is 0 Å². The van der Waals surface area contributed by atoms with Gasteiger partial charge in [0.2, 0.25) is 0 Å². The molecule has 0 aromatic carbocycles. The minimum atomic E-state index is -1.13. The molecule has 2 aromatic heterocycles. The van der Waals surface area contributed by atoms with E-state index in [-0.39, 0.29) is 5.43 Å². The zero-order valence-electron chi connectivity index (χ0n) is 9.73. The highest BCUT2D eigenvalue weighted by molar-refractivity contribution is 7.86. The van der Waals surface area contributed by atoms with E-state index in [1.54, 1.807) is 24.6 Å². The van der Waals surface area contributed by atoms with Gasteiger partial charge in [-0.15, -0.1) is 11.3 Å². The van der Waals surface area contributed by atoms with Crippen LogP contribution in [0.1, 0.15) is 18.9 Å². The van der Waals surface area contributed by atoms with Crippen LogP contribution in [0.3, 0.4) is 0 Å². The molecule has 0 saturated carbocycles. The van der Waals surface area contributed by atoms with E-state index in [2.05, 4.69) is 4.98 Å². The first-order chi connectivity index (χ1) is 8.15. The minimum absolute atomic E-state index is 0.0149. The van der Waals surface area contributed by atoms with E-state index in [1.165, 1.54) is 11.3 Å². The van der Waals surface area contributed by atoms with Gasteiger partial charge in [-0.3, -0.25) is 9.00 Å². The highest BCUT2D eigenvalue weighted by Gasteiger charge is 2.14. The van der Waals surface area contributed by atoms with Gasteiger partial charge in [0, 0.05) is 18.0 Å². The average Bonchev–Trinajstić information content (AvgIpc) is 2.32. The van der Waals surface area contributed by atoms with Crippen molar-refractivity contribution >= 4 is 32.4 Å². The molecule has 0 aliphatic heterocycles. The van der Waals surface area contributed by atoms with Crippen molar-refractivity contribution in [3.63, 3.8) is 0 Å². The standard InChI is InChI=1S/C12H13NO2S2/c1-3-5-9-10(14)8-6-4-7-13-11(8)16-12(9)17(2)15/h4,6-7H,3,5H2,1-2H3. The molecule has 0 N–H and O–H groups in total. The SMILES string of the molecule is CCCc1c(S(C)=O)sc2ncccc2c1=O. The molecular formula is C12H13NO2S2. The molecule has 0 bridgehead atoms. The van der Waals surface area contributed by atoms with E-state index in [0.29, 0.717) is 26.4 Å². The van der Waals surface area contributed by atoms with Crippen molar-refractivity contribution in [1.29, 1.82) is 0 Å². The molecule has 2 heterocycles. The monoisotopic (exact) mass is 267 g/mol. The van der Waals surface area contributed by atoms with Crippen molar-refractivity contribution in [1.82, 2.24) is 4.98 Å². The van der Waals surface area contributed by atoms with Crippen LogP contribution in [0.25, 0.3) is 10.2 Å². The summed E-state index contributed by atoms with van der Waals surface area (Å²) in [7, 11) is -1.13. The molecule has 3 nitrogen and oxygen atoms in total. The predicted molar refractivity (Wildman–Crippen MR) is 72.2 cm³/mol. The summed E-state index contributed by atoms with van der Waals surface area (Å²) in [5, 5.41) is 0.634. The molecule has 0 amide bonds. The lowest BCUT2D eigenvalue weighted by atomic mass is 10.1. The van der Waals surface area contributed by atoms with Crippen LogP contribution in [-0.2, 0) is 17.2 Å². The Kier molecular flexibility index (Phi) is 3.69. The van der Waals surface area contributed by atoms with Crippen LogP contribution in [0.5, 0.6) is 0 Å². The number of aromatic nitrogens is 1. The molecule has 0 spiro atoms. The number of rotatable bonds is 3. The van der Waals surface area contributed by atoms with E-state index in [1.807, 2.05) is 6.92 Å². The van der Waals surface area contributed by atoms with Crippen LogP contribution in [0, 0.1) is 0 Å². The second-order valence-electron chi connectivity index (χ2n) is 3.76. The van der Waals surface area contributed by atoms with E-state index in [9.17, 15) is 9.00 Å². The van der Waals surface area contributed by atoms with Gasteiger partial charge in [0.05, 0.1) is 20.4 Å². The van der Waals surface area contributed by atoms with Crippen LogP contribution >= 0.6 is 11.3 Å². The van der Waals surface area contributed by atoms with Crippen molar-refractivity contribution in [2.45, 2.75) is 24.0 Å². The molecule has 0 aliphatic carbocycles. The topological polar surface area (TPSA) is 47.0 Å². The Hall–Kier alpha value is -1.07. The fourth-order valence-electron chi connectivity index (χ4n) is 1.75. The van der Waals surface area contributed by atoms with Gasteiger partial charge in [0.1, 0.15) is 4.83 Å². The van der Waals surface area contributed by atoms with E-state index < -0.39 is 10.8 Å². The molecule has 2 aromatic rings. The molecule has 90 valence electrons. The first-order valence-corrected chi connectivity index (χ1v) is 7.76. The molecule has 1 atom stereocenters. The summed E-state index contributed by atoms with van der Waals surface area (Å²) in [4.78, 5) is 17.1. The zero-order chi connectivity index (χ0) is 12.4. The summed E-state index contributed by atoms with van der Waals surface area (Å²) in [6.07, 6.45) is 4.81. The van der Waals surface area contributed by atoms with E-state index in [4.69, 9.17) is 0 Å². The number of fused-ring (bicyclic) bond motifs is 1. The lowest BCUT2D eigenvalue weighted by molar-refractivity contribution is 0.687. The molecule has 0 fully saturated rings. The smallest absolute Gasteiger partial charge is 0.194 e. The van der Waals surface area contributed by atoms with Crippen molar-refractivity contribution in [3.8, 4) is 0 Å². The third kappa shape index (κ3) is 2.30. The molecule has 17 heavy (non-hydrogen) atoms. The summed E-state index contributed by atoms with van der Waals surface area (Å²) in [6.45, 7) is 2.01. The number of pyridine rings is 1. The van der Waals surface area contributed by atoms with Gasteiger partial charge in [-0.05, 0) is 18.6 Å². The summed E-state index contributed by atoms with van der Waals surface area (Å²) in [5.41, 5.74) is 0.678. The third-order valence-electron chi connectivity index (χ3n) is 2.49. The Bertz CT molecular complexity index is 634. The van der Waals surface area contributed by atoms with Gasteiger partial charge in [-0.1, -0.05) is 13.3 Å². The van der Waals surface area contributed by atoms with Crippen LogP contribution in [-0.4, -0.2) is 15.4 Å². The third-order valence-corrected chi connectivity index (χ3v) is 5.16. The number of nitrogens with zero attached hydrogens (tertiary/aromatic N) is 1. The highest BCUT2D eigenvalue weighted by atomic mass is 32.2. The van der Waals surface area contributed by atoms with Crippen molar-refractivity contribution in [2.75, 3.05) is 6.26 Å². The normalized spacial score (nSPS) is 12.8. The minimum Gasteiger partial charge on any atom is -0.289 e. The lowest BCUT2D eigenvalue weighted by Crippen LogP contribution is -2.12. The van der Waals surface area contributed by atoms with Crippen LogP contribution in [0.4, 0.5) is 0 Å². The maximum Gasteiger partial charge on any atom is 0.194 e. The van der Waals surface area contributed by atoms with Gasteiger partial charge in [0.15, 0.2) is 5.43 Å². The fraction of sp³-hybridized carbons (Fsp3) is 0.333. The summed E-state index contributed by atoms with van der Waals surface area (Å²) in [5.74, 6) is 0. The molecule has 0 saturated heterocycles. The zero-order valence-corrected chi connectivity index (χ0v) is 11.4. The van der Waals surface area contributed by atoms with Gasteiger partial charge < -0.3 is 0 Å². The van der Waals surface area contributed by atoms with Crippen molar-refractivity contribution in [3.05, 3.63) is 34.1 Å². The largest absolute Gasteiger partial charge is 0.289 e. The molecule has 1 unspecified atom stereocenters. The predicted octanol–water partition coefficient (Wildman–Crippen LogP) is 2.35. The lowest BCUT2D eigenvalue weighted by Gasteiger charge is -2.06.